The Morgan fingerprint density at radius 3 is 1.00 bits per heavy atom. The van der Waals surface area contributed by atoms with Crippen molar-refractivity contribution in [3.8, 4) is 0 Å². The summed E-state index contributed by atoms with van der Waals surface area (Å²) in [7, 11) is 0. The summed E-state index contributed by atoms with van der Waals surface area (Å²) in [5.74, 6) is 0. The molecule has 0 heterocycles. The Kier molecular flexibility index (Phi) is 202. The summed E-state index contributed by atoms with van der Waals surface area (Å²) in [6.07, 6.45) is 0. The zero-order valence-corrected chi connectivity index (χ0v) is 13.1. The molecule has 9 radical (unpaired) electrons. The van der Waals surface area contributed by atoms with Gasteiger partial charge in [0.25, 0.3) is 0 Å². The second-order valence-corrected chi connectivity index (χ2v) is 0. The molecule has 0 saturated heterocycles. The zero-order chi connectivity index (χ0) is 0. The molecule has 0 N–H and O–H groups in total. The van der Waals surface area contributed by atoms with Gasteiger partial charge in [-0.1, -0.05) is 0 Å². The van der Waals surface area contributed by atoms with E-state index in [1.807, 2.05) is 0 Å². The molecule has 0 aromatic rings. The molecule has 0 saturated carbocycles. The number of rotatable bonds is 0. The Bertz CT molecular complexity index is 11.6. The number of hydrogen-bond acceptors (Lipinski definition) is 0. The van der Waals surface area contributed by atoms with Crippen LogP contribution in [-0.4, -0.2) is 48.3 Å². The molecule has 0 aliphatic heterocycles. The van der Waals surface area contributed by atoms with Crippen LogP contribution >= 0.6 is 0 Å². The van der Waals surface area contributed by atoms with E-state index in [0.717, 1.165) is 0 Å². The van der Waals surface area contributed by atoms with E-state index in [2.05, 4.69) is 0 Å². The van der Waals surface area contributed by atoms with Crippen molar-refractivity contribution in [3.05, 3.63) is 0 Å². The molecule has 5 heavy (non-hydrogen) atoms. The summed E-state index contributed by atoms with van der Waals surface area (Å²) in [6.45, 7) is 0. The standard InChI is InChI=1S/Ag.Cu.Sb.Sn.Zn. The quantitative estimate of drug-likeness (QED) is 0.403. The van der Waals surface area contributed by atoms with Crippen LogP contribution in [0.15, 0.2) is 0 Å². The summed E-state index contributed by atoms with van der Waals surface area (Å²) in [4.78, 5) is 0. The Labute approximate surface area is 105 Å². The van der Waals surface area contributed by atoms with E-state index < -0.39 is 0 Å². The van der Waals surface area contributed by atoms with Gasteiger partial charge in [0.15, 0.2) is 0 Å². The van der Waals surface area contributed by atoms with Crippen LogP contribution in [0.4, 0.5) is 0 Å². The Hall–Kier alpha value is 3.50. The summed E-state index contributed by atoms with van der Waals surface area (Å²) in [5, 5.41) is 0. The first-order valence-electron chi connectivity index (χ1n) is 0. The van der Waals surface area contributed by atoms with Gasteiger partial charge < -0.3 is 0 Å². The molecule has 0 atom stereocenters. The maximum absolute atomic E-state index is 0. The van der Waals surface area contributed by atoms with Crippen LogP contribution in [0.1, 0.15) is 0 Å². The normalized spacial score (nSPS) is 0. The van der Waals surface area contributed by atoms with Crippen LogP contribution in [0.2, 0.25) is 0 Å². The maximum atomic E-state index is 0. The summed E-state index contributed by atoms with van der Waals surface area (Å²) in [5.41, 5.74) is 0. The van der Waals surface area contributed by atoms with Gasteiger partial charge in [-0.05, 0) is 0 Å². The minimum Gasteiger partial charge on any atom is 0 e. The minimum atomic E-state index is 0. The van der Waals surface area contributed by atoms with E-state index in [0.29, 0.717) is 0 Å². The fourth-order valence-corrected chi connectivity index (χ4v) is 0. The first-order valence-corrected chi connectivity index (χ1v) is 0. The van der Waals surface area contributed by atoms with E-state index in [9.17, 15) is 0 Å². The second-order valence-electron chi connectivity index (χ2n) is 0. The monoisotopic (exact) mass is 475 g/mol. The van der Waals surface area contributed by atoms with Crippen LogP contribution in [-0.2, 0) is 58.9 Å². The van der Waals surface area contributed by atoms with Gasteiger partial charge in [0, 0.05) is 107 Å². The van der Waals surface area contributed by atoms with Crippen molar-refractivity contribution < 1.29 is 58.9 Å². The predicted molar refractivity (Wildman–Crippen MR) is 11.5 cm³/mol. The van der Waals surface area contributed by atoms with Crippen LogP contribution in [0.25, 0.3) is 0 Å². The third-order valence-electron chi connectivity index (χ3n) is 0. The summed E-state index contributed by atoms with van der Waals surface area (Å²) >= 11 is 0. The van der Waals surface area contributed by atoms with Gasteiger partial charge in [0.1, 0.15) is 0 Å². The van der Waals surface area contributed by atoms with Gasteiger partial charge in [0.2, 0.25) is 0 Å². The molecule has 0 fully saturated rings. The molecule has 0 nitrogen and oxygen atoms in total. The third-order valence-corrected chi connectivity index (χ3v) is 0. The maximum Gasteiger partial charge on any atom is 0 e. The molecule has 5 heteroatoms. The van der Waals surface area contributed by atoms with Crippen LogP contribution in [0, 0.1) is 0 Å². The van der Waals surface area contributed by atoms with Gasteiger partial charge in [-0.3, -0.25) is 0 Å². The van der Waals surface area contributed by atoms with Gasteiger partial charge in [-0.15, -0.1) is 0 Å². The van der Waals surface area contributed by atoms with E-state index in [4.69, 9.17) is 0 Å². The van der Waals surface area contributed by atoms with Crippen LogP contribution < -0.4 is 0 Å². The fourth-order valence-electron chi connectivity index (χ4n) is 0. The van der Waals surface area contributed by atoms with E-state index >= 15 is 0 Å². The van der Waals surface area contributed by atoms with E-state index in [-0.39, 0.29) is 107 Å². The van der Waals surface area contributed by atoms with Crippen molar-refractivity contribution in [2.24, 2.45) is 0 Å². The third kappa shape index (κ3) is 18.5. The smallest absolute Gasteiger partial charge is 0 e. The summed E-state index contributed by atoms with van der Waals surface area (Å²) < 4.78 is 0. The van der Waals surface area contributed by atoms with Crippen LogP contribution in [0.5, 0.6) is 0 Å². The molecule has 0 amide bonds. The molecule has 0 aliphatic carbocycles. The Balaban J connectivity index is 0. The van der Waals surface area contributed by atoms with Gasteiger partial charge in [0.05, 0.1) is 0 Å². The molecule has 0 aliphatic rings. The minimum absolute atomic E-state index is 0. The molecule has 0 aromatic heterocycles. The fraction of sp³-hybridized carbons (Fsp3) is 0. The van der Waals surface area contributed by atoms with Crippen LogP contribution in [0.3, 0.4) is 0 Å². The first kappa shape index (κ1) is 39.0. The second kappa shape index (κ2) is 25.9. The average molecular weight is 477 g/mol. The molecule has 0 spiro atoms. The van der Waals surface area contributed by atoms with Gasteiger partial charge in [-0.2, -0.15) is 0 Å². The Morgan fingerprint density at radius 1 is 1.00 bits per heavy atom. The zero-order valence-electron chi connectivity index (χ0n) is 2.26. The van der Waals surface area contributed by atoms with E-state index in [1.54, 1.807) is 0 Å². The molecule has 0 unspecified atom stereocenters. The van der Waals surface area contributed by atoms with Crippen molar-refractivity contribution in [2.45, 2.75) is 0 Å². The van der Waals surface area contributed by atoms with Crippen molar-refractivity contribution in [1.29, 1.82) is 0 Å². The molecule has 0 aromatic carbocycles. The molecular weight excluding hydrogens is 477 g/mol. The van der Waals surface area contributed by atoms with E-state index in [1.165, 1.54) is 0 Å². The molecule has 0 rings (SSSR count). The SMILES string of the molecule is [Ag].[Cu].[Sb].[Sn].[Zn]. The molecule has 33 valence electrons. The largest absolute Gasteiger partial charge is 0 e. The van der Waals surface area contributed by atoms with Crippen molar-refractivity contribution in [3.63, 3.8) is 0 Å². The van der Waals surface area contributed by atoms with Crippen molar-refractivity contribution in [2.75, 3.05) is 0 Å². The predicted octanol–water partition coefficient (Wildman–Crippen LogP) is -0.769. The van der Waals surface area contributed by atoms with Gasteiger partial charge in [-0.25, -0.2) is 0 Å². The summed E-state index contributed by atoms with van der Waals surface area (Å²) in [6, 6.07) is 0. The topological polar surface area (TPSA) is 0 Å². The van der Waals surface area contributed by atoms with Crippen molar-refractivity contribution in [1.82, 2.24) is 0 Å². The first-order chi connectivity index (χ1) is 0. The van der Waals surface area contributed by atoms with Gasteiger partial charge >= 0.3 is 0 Å². The van der Waals surface area contributed by atoms with Crippen molar-refractivity contribution >= 4 is 48.3 Å². The molecular formula is AgCuSbSnZn. The number of hydrogen-bond donors (Lipinski definition) is 0. The Morgan fingerprint density at radius 2 is 1.00 bits per heavy atom. The molecule has 0 bridgehead atoms. The average Bonchev–Trinajstić information content (AvgIpc) is 0.